The van der Waals surface area contributed by atoms with Crippen LogP contribution in [0.15, 0.2) is 30.3 Å². The fourth-order valence-electron chi connectivity index (χ4n) is 2.79. The predicted molar refractivity (Wildman–Crippen MR) is 111 cm³/mol. The minimum absolute atomic E-state index is 0.0626. The van der Waals surface area contributed by atoms with Crippen molar-refractivity contribution in [3.05, 3.63) is 35.9 Å². The van der Waals surface area contributed by atoms with Gasteiger partial charge >= 0.3 is 5.97 Å². The molecule has 1 aromatic carbocycles. The summed E-state index contributed by atoms with van der Waals surface area (Å²) < 4.78 is 17.6. The van der Waals surface area contributed by atoms with E-state index in [9.17, 15) is 4.79 Å². The van der Waals surface area contributed by atoms with E-state index < -0.39 is 8.32 Å². The van der Waals surface area contributed by atoms with E-state index in [1.165, 1.54) is 0 Å². The third-order valence-corrected chi connectivity index (χ3v) is 10.1. The van der Waals surface area contributed by atoms with Gasteiger partial charge < -0.3 is 13.9 Å². The van der Waals surface area contributed by atoms with Crippen molar-refractivity contribution in [2.75, 3.05) is 39.5 Å². The lowest BCUT2D eigenvalue weighted by molar-refractivity contribution is 0.00944. The SMILES string of the molecule is CC(C)(C)[Si](C)(C)OC(CCOC(=O)c1ccccc1)CN1CCOCC1. The Balaban J connectivity index is 1.93. The fraction of sp³-hybridized carbons (Fsp3) is 0.667. The van der Waals surface area contributed by atoms with Crippen LogP contribution in [0.25, 0.3) is 0 Å². The summed E-state index contributed by atoms with van der Waals surface area (Å²) in [6, 6.07) is 9.14. The molecule has 1 aliphatic heterocycles. The van der Waals surface area contributed by atoms with Crippen LogP contribution in [0, 0.1) is 0 Å². The van der Waals surface area contributed by atoms with Crippen molar-refractivity contribution in [3.8, 4) is 0 Å². The molecule has 1 aliphatic rings. The van der Waals surface area contributed by atoms with Crippen molar-refractivity contribution in [2.24, 2.45) is 0 Å². The summed E-state index contributed by atoms with van der Waals surface area (Å²) in [5.74, 6) is -0.270. The zero-order chi connectivity index (χ0) is 19.9. The van der Waals surface area contributed by atoms with Crippen LogP contribution in [0.5, 0.6) is 0 Å². The van der Waals surface area contributed by atoms with Gasteiger partial charge in [0.1, 0.15) is 0 Å². The van der Waals surface area contributed by atoms with Crippen molar-refractivity contribution in [3.63, 3.8) is 0 Å². The molecule has 1 atom stereocenters. The van der Waals surface area contributed by atoms with Gasteiger partial charge in [-0.1, -0.05) is 39.0 Å². The number of hydrogen-bond acceptors (Lipinski definition) is 5. The molecule has 27 heavy (non-hydrogen) atoms. The maximum Gasteiger partial charge on any atom is 0.338 e. The fourth-order valence-corrected chi connectivity index (χ4v) is 4.17. The van der Waals surface area contributed by atoms with Gasteiger partial charge in [0.2, 0.25) is 0 Å². The average Bonchev–Trinajstić information content (AvgIpc) is 2.62. The summed E-state index contributed by atoms with van der Waals surface area (Å²) in [7, 11) is -1.89. The molecule has 152 valence electrons. The molecule has 1 saturated heterocycles. The van der Waals surface area contributed by atoms with Gasteiger partial charge in [0.15, 0.2) is 8.32 Å². The lowest BCUT2D eigenvalue weighted by atomic mass is 10.2. The molecule has 1 unspecified atom stereocenters. The molecule has 1 heterocycles. The number of nitrogens with zero attached hydrogens (tertiary/aromatic N) is 1. The first-order chi connectivity index (χ1) is 12.7. The van der Waals surface area contributed by atoms with Crippen LogP contribution in [-0.4, -0.2) is 64.7 Å². The van der Waals surface area contributed by atoms with Gasteiger partial charge in [-0.2, -0.15) is 0 Å². The standard InChI is InChI=1S/C21H35NO4Si/c1-21(2,3)27(4,5)26-19(17-22-12-15-24-16-13-22)11-14-25-20(23)18-9-7-6-8-10-18/h6-10,19H,11-17H2,1-5H3. The van der Waals surface area contributed by atoms with E-state index in [0.717, 1.165) is 32.8 Å². The molecule has 0 radical (unpaired) electrons. The predicted octanol–water partition coefficient (Wildman–Crippen LogP) is 3.96. The first-order valence-corrected chi connectivity index (χ1v) is 12.8. The highest BCUT2D eigenvalue weighted by Gasteiger charge is 2.39. The highest BCUT2D eigenvalue weighted by Crippen LogP contribution is 2.37. The van der Waals surface area contributed by atoms with Crippen LogP contribution in [0.3, 0.4) is 0 Å². The van der Waals surface area contributed by atoms with Crippen LogP contribution in [-0.2, 0) is 13.9 Å². The summed E-state index contributed by atoms with van der Waals surface area (Å²) in [5.41, 5.74) is 0.590. The smallest absolute Gasteiger partial charge is 0.338 e. The first kappa shape index (κ1) is 22.1. The maximum atomic E-state index is 12.2. The second kappa shape index (κ2) is 9.82. The van der Waals surface area contributed by atoms with Gasteiger partial charge in [-0.3, -0.25) is 4.90 Å². The van der Waals surface area contributed by atoms with E-state index in [-0.39, 0.29) is 17.1 Å². The molecule has 5 nitrogen and oxygen atoms in total. The minimum Gasteiger partial charge on any atom is -0.462 e. The van der Waals surface area contributed by atoms with Crippen molar-refractivity contribution < 1.29 is 18.7 Å². The van der Waals surface area contributed by atoms with Crippen LogP contribution >= 0.6 is 0 Å². The number of carbonyl (C=O) groups is 1. The van der Waals surface area contributed by atoms with Crippen molar-refractivity contribution in [1.82, 2.24) is 4.90 Å². The Hall–Kier alpha value is -1.21. The summed E-state index contributed by atoms with van der Waals surface area (Å²) in [6.07, 6.45) is 0.773. The largest absolute Gasteiger partial charge is 0.462 e. The Bertz CT molecular complexity index is 580. The molecule has 2 rings (SSSR count). The summed E-state index contributed by atoms with van der Waals surface area (Å²) >= 11 is 0. The van der Waals surface area contributed by atoms with E-state index in [0.29, 0.717) is 18.6 Å². The van der Waals surface area contributed by atoms with Crippen molar-refractivity contribution >= 4 is 14.3 Å². The van der Waals surface area contributed by atoms with Gasteiger partial charge in [0.05, 0.1) is 31.5 Å². The Morgan fingerprint density at radius 2 is 1.81 bits per heavy atom. The Kier molecular flexibility index (Phi) is 8.03. The monoisotopic (exact) mass is 393 g/mol. The topological polar surface area (TPSA) is 48.0 Å². The van der Waals surface area contributed by atoms with E-state index in [1.54, 1.807) is 12.1 Å². The van der Waals surface area contributed by atoms with Gasteiger partial charge in [-0.05, 0) is 30.3 Å². The Morgan fingerprint density at radius 1 is 1.19 bits per heavy atom. The third kappa shape index (κ3) is 7.03. The summed E-state index contributed by atoms with van der Waals surface area (Å²) in [6.45, 7) is 15.9. The molecule has 0 amide bonds. The van der Waals surface area contributed by atoms with Crippen LogP contribution in [0.2, 0.25) is 18.1 Å². The minimum atomic E-state index is -1.89. The van der Waals surface area contributed by atoms with Gasteiger partial charge in [0.25, 0.3) is 0 Å². The number of hydrogen-bond donors (Lipinski definition) is 0. The molecule has 0 aliphatic carbocycles. The molecular formula is C21H35NO4Si. The number of ether oxygens (including phenoxy) is 2. The zero-order valence-electron chi connectivity index (χ0n) is 17.5. The Labute approximate surface area is 165 Å². The summed E-state index contributed by atoms with van der Waals surface area (Å²) in [5, 5.41) is 0.150. The van der Waals surface area contributed by atoms with Gasteiger partial charge in [-0.15, -0.1) is 0 Å². The molecule has 6 heteroatoms. The van der Waals surface area contributed by atoms with Crippen LogP contribution in [0.1, 0.15) is 37.6 Å². The number of rotatable bonds is 8. The highest BCUT2D eigenvalue weighted by molar-refractivity contribution is 6.74. The van der Waals surface area contributed by atoms with Crippen molar-refractivity contribution in [1.29, 1.82) is 0 Å². The van der Waals surface area contributed by atoms with Crippen LogP contribution in [0.4, 0.5) is 0 Å². The molecule has 1 aromatic rings. The molecule has 0 bridgehead atoms. The lowest BCUT2D eigenvalue weighted by Crippen LogP contribution is -2.49. The number of esters is 1. The van der Waals surface area contributed by atoms with E-state index >= 15 is 0 Å². The molecule has 0 aromatic heterocycles. The first-order valence-electron chi connectivity index (χ1n) is 9.89. The second-order valence-corrected chi connectivity index (χ2v) is 13.5. The van der Waals surface area contributed by atoms with E-state index in [4.69, 9.17) is 13.9 Å². The molecule has 0 N–H and O–H groups in total. The molecule has 0 spiro atoms. The van der Waals surface area contributed by atoms with E-state index in [1.807, 2.05) is 18.2 Å². The number of morpholine rings is 1. The average molecular weight is 394 g/mol. The van der Waals surface area contributed by atoms with Crippen LogP contribution < -0.4 is 0 Å². The third-order valence-electron chi connectivity index (χ3n) is 5.52. The number of carbonyl (C=O) groups excluding carboxylic acids is 1. The second-order valence-electron chi connectivity index (χ2n) is 8.70. The molecule has 0 saturated carbocycles. The summed E-state index contributed by atoms with van der Waals surface area (Å²) in [4.78, 5) is 14.6. The molecular weight excluding hydrogens is 358 g/mol. The Morgan fingerprint density at radius 3 is 2.41 bits per heavy atom. The normalized spacial score (nSPS) is 17.5. The quantitative estimate of drug-likeness (QED) is 0.494. The maximum absolute atomic E-state index is 12.2. The van der Waals surface area contributed by atoms with Gasteiger partial charge in [-0.25, -0.2) is 4.79 Å². The van der Waals surface area contributed by atoms with E-state index in [2.05, 4.69) is 38.8 Å². The lowest BCUT2D eigenvalue weighted by Gasteiger charge is -2.41. The highest BCUT2D eigenvalue weighted by atomic mass is 28.4. The van der Waals surface area contributed by atoms with Crippen molar-refractivity contribution in [2.45, 2.75) is 51.4 Å². The van der Waals surface area contributed by atoms with Gasteiger partial charge in [0, 0.05) is 26.1 Å². The molecule has 1 fully saturated rings. The zero-order valence-corrected chi connectivity index (χ0v) is 18.5. The number of benzene rings is 1.